The number of ketones is 1. The molecule has 0 spiro atoms. The van der Waals surface area contributed by atoms with Gasteiger partial charge in [0.05, 0.1) is 5.56 Å². The van der Waals surface area contributed by atoms with Crippen LogP contribution in [0.4, 0.5) is 0 Å². The highest BCUT2D eigenvalue weighted by Crippen LogP contribution is 2.30. The maximum absolute atomic E-state index is 12.4. The van der Waals surface area contributed by atoms with Crippen molar-refractivity contribution in [2.24, 2.45) is 0 Å². The van der Waals surface area contributed by atoms with Gasteiger partial charge in [0.25, 0.3) is 0 Å². The molecule has 1 atom stereocenters. The molecule has 0 N–H and O–H groups in total. The largest absolute Gasteiger partial charge is 0.486 e. The van der Waals surface area contributed by atoms with Crippen LogP contribution in [0.3, 0.4) is 0 Å². The van der Waals surface area contributed by atoms with Crippen molar-refractivity contribution >= 4 is 11.8 Å². The third-order valence-corrected chi connectivity index (χ3v) is 4.39. The van der Waals surface area contributed by atoms with Crippen molar-refractivity contribution in [3.05, 3.63) is 95.6 Å². The summed E-state index contributed by atoms with van der Waals surface area (Å²) in [5, 5.41) is 0. The minimum Gasteiger partial charge on any atom is -0.486 e. The zero-order valence-corrected chi connectivity index (χ0v) is 15.0. The van der Waals surface area contributed by atoms with Gasteiger partial charge < -0.3 is 14.2 Å². The van der Waals surface area contributed by atoms with Crippen molar-refractivity contribution in [3.8, 4) is 11.5 Å². The van der Waals surface area contributed by atoms with Crippen LogP contribution in [0.1, 0.15) is 26.3 Å². The third kappa shape index (κ3) is 3.88. The molecule has 0 aromatic heterocycles. The van der Waals surface area contributed by atoms with Crippen molar-refractivity contribution in [1.29, 1.82) is 0 Å². The molecular formula is C23H18O5. The van der Waals surface area contributed by atoms with Gasteiger partial charge in [0.2, 0.25) is 0 Å². The first-order chi connectivity index (χ1) is 13.7. The maximum Gasteiger partial charge on any atom is 0.338 e. The average Bonchev–Trinajstić information content (AvgIpc) is 2.77. The summed E-state index contributed by atoms with van der Waals surface area (Å²) >= 11 is 0. The van der Waals surface area contributed by atoms with Crippen LogP contribution in [0, 0.1) is 0 Å². The van der Waals surface area contributed by atoms with Crippen LogP contribution < -0.4 is 9.47 Å². The first-order valence-corrected chi connectivity index (χ1v) is 8.96. The van der Waals surface area contributed by atoms with Crippen LogP contribution in [-0.2, 0) is 4.74 Å². The van der Waals surface area contributed by atoms with Gasteiger partial charge in [-0.3, -0.25) is 4.79 Å². The highest BCUT2D eigenvalue weighted by molar-refractivity contribution is 6.09. The molecule has 1 heterocycles. The summed E-state index contributed by atoms with van der Waals surface area (Å²) in [5.41, 5.74) is 1.50. The molecule has 0 unspecified atom stereocenters. The van der Waals surface area contributed by atoms with Gasteiger partial charge in [-0.25, -0.2) is 4.79 Å². The monoisotopic (exact) mass is 374 g/mol. The normalized spacial score (nSPS) is 14.9. The molecule has 1 aliphatic heterocycles. The van der Waals surface area contributed by atoms with Gasteiger partial charge in [-0.05, 0) is 24.3 Å². The lowest BCUT2D eigenvalue weighted by molar-refractivity contribution is 0.0109. The Morgan fingerprint density at radius 2 is 1.39 bits per heavy atom. The van der Waals surface area contributed by atoms with Crippen LogP contribution in [0.15, 0.2) is 78.9 Å². The van der Waals surface area contributed by atoms with E-state index in [9.17, 15) is 9.59 Å². The molecule has 5 nitrogen and oxygen atoms in total. The lowest BCUT2D eigenvalue weighted by Crippen LogP contribution is -2.34. The van der Waals surface area contributed by atoms with E-state index in [0.717, 1.165) is 0 Å². The Hall–Kier alpha value is -3.60. The van der Waals surface area contributed by atoms with Gasteiger partial charge in [0, 0.05) is 11.1 Å². The molecule has 0 saturated heterocycles. The number of carbonyl (C=O) groups excluding carboxylic acids is 2. The molecule has 0 aliphatic carbocycles. The first-order valence-electron chi connectivity index (χ1n) is 8.96. The second kappa shape index (κ2) is 7.96. The van der Waals surface area contributed by atoms with Gasteiger partial charge in [-0.1, -0.05) is 54.6 Å². The molecule has 0 saturated carbocycles. The first kappa shape index (κ1) is 17.8. The lowest BCUT2D eigenvalue weighted by Gasteiger charge is -2.26. The third-order valence-electron chi connectivity index (χ3n) is 4.39. The minimum atomic E-state index is -0.471. The van der Waals surface area contributed by atoms with Crippen molar-refractivity contribution in [2.75, 3.05) is 13.2 Å². The molecule has 3 aromatic carbocycles. The van der Waals surface area contributed by atoms with E-state index in [1.807, 2.05) is 42.5 Å². The Bertz CT molecular complexity index is 979. The number of esters is 1. The number of carbonyl (C=O) groups is 2. The summed E-state index contributed by atoms with van der Waals surface area (Å²) in [5.74, 6) is 0.760. The highest BCUT2D eigenvalue weighted by Gasteiger charge is 2.22. The Morgan fingerprint density at radius 1 is 0.786 bits per heavy atom. The Labute approximate surface area is 162 Å². The molecule has 0 fully saturated rings. The zero-order chi connectivity index (χ0) is 19.3. The quantitative estimate of drug-likeness (QED) is 0.500. The van der Waals surface area contributed by atoms with Gasteiger partial charge in [0.15, 0.2) is 23.4 Å². The Kier molecular flexibility index (Phi) is 5.06. The smallest absolute Gasteiger partial charge is 0.338 e. The van der Waals surface area contributed by atoms with Crippen molar-refractivity contribution in [2.45, 2.75) is 6.10 Å². The second-order valence-electron chi connectivity index (χ2n) is 6.37. The number of rotatable bonds is 5. The number of ether oxygens (including phenoxy) is 3. The molecule has 28 heavy (non-hydrogen) atoms. The molecular weight excluding hydrogens is 356 g/mol. The van der Waals surface area contributed by atoms with E-state index in [2.05, 4.69) is 0 Å². The molecule has 0 radical (unpaired) electrons. The lowest BCUT2D eigenvalue weighted by atomic mass is 10.0. The van der Waals surface area contributed by atoms with E-state index in [1.165, 1.54) is 0 Å². The second-order valence-corrected chi connectivity index (χ2v) is 6.37. The summed E-state index contributed by atoms with van der Waals surface area (Å²) in [4.78, 5) is 24.7. The number of hydrogen-bond donors (Lipinski definition) is 0. The van der Waals surface area contributed by atoms with Gasteiger partial charge in [-0.2, -0.15) is 0 Å². The summed E-state index contributed by atoms with van der Waals surface area (Å²) in [7, 11) is 0. The molecule has 0 bridgehead atoms. The molecule has 4 rings (SSSR count). The summed E-state index contributed by atoms with van der Waals surface area (Å²) < 4.78 is 16.7. The predicted octanol–water partition coefficient (Wildman–Crippen LogP) is 3.91. The van der Waals surface area contributed by atoms with Crippen molar-refractivity contribution in [3.63, 3.8) is 0 Å². The fourth-order valence-electron chi connectivity index (χ4n) is 2.91. The number of para-hydroxylation sites is 2. The van der Waals surface area contributed by atoms with Gasteiger partial charge in [-0.15, -0.1) is 0 Å². The fourth-order valence-corrected chi connectivity index (χ4v) is 2.91. The number of benzene rings is 3. The van der Waals surface area contributed by atoms with E-state index < -0.39 is 5.97 Å². The predicted molar refractivity (Wildman–Crippen MR) is 103 cm³/mol. The molecule has 0 amide bonds. The van der Waals surface area contributed by atoms with E-state index in [4.69, 9.17) is 14.2 Å². The van der Waals surface area contributed by atoms with Gasteiger partial charge >= 0.3 is 5.97 Å². The van der Waals surface area contributed by atoms with Crippen LogP contribution >= 0.6 is 0 Å². The van der Waals surface area contributed by atoms with Crippen LogP contribution in [-0.4, -0.2) is 31.1 Å². The number of fused-ring (bicyclic) bond motifs is 1. The fraction of sp³-hybridized carbons (Fsp3) is 0.130. The molecule has 140 valence electrons. The Balaban J connectivity index is 1.35. The van der Waals surface area contributed by atoms with E-state index in [0.29, 0.717) is 34.8 Å². The van der Waals surface area contributed by atoms with Crippen molar-refractivity contribution < 1.29 is 23.8 Å². The van der Waals surface area contributed by atoms with Crippen LogP contribution in [0.25, 0.3) is 0 Å². The van der Waals surface area contributed by atoms with Gasteiger partial charge in [0.1, 0.15) is 13.2 Å². The average molecular weight is 374 g/mol. The van der Waals surface area contributed by atoms with Crippen LogP contribution in [0.5, 0.6) is 11.5 Å². The molecule has 5 heteroatoms. The summed E-state index contributed by atoms with van der Waals surface area (Å²) in [6.07, 6.45) is -0.363. The minimum absolute atomic E-state index is 0.0812. The zero-order valence-electron chi connectivity index (χ0n) is 15.0. The SMILES string of the molecule is O=C(OC[C@H]1COc2ccccc2O1)c1ccc(C(=O)c2ccccc2)cc1. The van der Waals surface area contributed by atoms with Crippen molar-refractivity contribution in [1.82, 2.24) is 0 Å². The maximum atomic E-state index is 12.4. The Morgan fingerprint density at radius 3 is 2.14 bits per heavy atom. The van der Waals surface area contributed by atoms with E-state index >= 15 is 0 Å². The van der Waals surface area contributed by atoms with E-state index in [1.54, 1.807) is 36.4 Å². The molecule has 3 aromatic rings. The highest BCUT2D eigenvalue weighted by atomic mass is 16.6. The van der Waals surface area contributed by atoms with E-state index in [-0.39, 0.29) is 18.5 Å². The standard InChI is InChI=1S/C23H18O5/c24-22(16-6-2-1-3-7-16)17-10-12-18(13-11-17)23(25)27-15-19-14-26-20-8-4-5-9-21(20)28-19/h1-13,19H,14-15H2/t19-/m1/s1. The topological polar surface area (TPSA) is 61.8 Å². The van der Waals surface area contributed by atoms with Crippen LogP contribution in [0.2, 0.25) is 0 Å². The molecule has 1 aliphatic rings. The number of hydrogen-bond acceptors (Lipinski definition) is 5. The summed E-state index contributed by atoms with van der Waals surface area (Å²) in [6.45, 7) is 0.396. The summed E-state index contributed by atoms with van der Waals surface area (Å²) in [6, 6.07) is 22.8.